The molecule has 0 bridgehead atoms. The van der Waals surface area contributed by atoms with Gasteiger partial charge in [-0.05, 0) is 50.1 Å². The van der Waals surface area contributed by atoms with E-state index in [4.69, 9.17) is 9.47 Å². The molecule has 1 amide bonds. The van der Waals surface area contributed by atoms with Crippen LogP contribution in [0.25, 0.3) is 0 Å². The number of benzene rings is 1. The molecule has 0 saturated heterocycles. The molecule has 0 aliphatic rings. The predicted octanol–water partition coefficient (Wildman–Crippen LogP) is 3.50. The number of aromatic hydroxyl groups is 1. The molecule has 1 aromatic carbocycles. The Morgan fingerprint density at radius 1 is 1.36 bits per heavy atom. The van der Waals surface area contributed by atoms with Crippen LogP contribution in [-0.2, 0) is 9.53 Å². The molecule has 188 valence electrons. The van der Waals surface area contributed by atoms with Crippen molar-refractivity contribution >= 4 is 52.1 Å². The summed E-state index contributed by atoms with van der Waals surface area (Å²) in [5.41, 5.74) is 4.09. The van der Waals surface area contributed by atoms with E-state index in [2.05, 4.69) is 31.0 Å². The number of anilines is 2. The number of aromatic amines is 1. The summed E-state index contributed by atoms with van der Waals surface area (Å²) in [5, 5.41) is 33.2. The van der Waals surface area contributed by atoms with Crippen LogP contribution < -0.4 is 15.5 Å². The van der Waals surface area contributed by atoms with Gasteiger partial charge in [-0.2, -0.15) is 15.3 Å². The van der Waals surface area contributed by atoms with Gasteiger partial charge in [0.15, 0.2) is 11.5 Å². The van der Waals surface area contributed by atoms with Crippen molar-refractivity contribution < 1.29 is 24.2 Å². The Labute approximate surface area is 214 Å². The van der Waals surface area contributed by atoms with Crippen molar-refractivity contribution in [3.8, 4) is 17.6 Å². The molecule has 0 unspecified atom stereocenters. The van der Waals surface area contributed by atoms with Gasteiger partial charge in [0.05, 0.1) is 30.7 Å². The first-order chi connectivity index (χ1) is 17.4. The lowest BCUT2D eigenvalue weighted by atomic mass is 10.2. The number of phenols is 1. The first-order valence-corrected chi connectivity index (χ1v) is 12.5. The van der Waals surface area contributed by atoms with E-state index in [1.807, 2.05) is 13.0 Å². The molecule has 0 radical (unpaired) electrons. The zero-order valence-corrected chi connectivity index (χ0v) is 21.2. The summed E-state index contributed by atoms with van der Waals surface area (Å²) >= 11 is 2.08. The van der Waals surface area contributed by atoms with Gasteiger partial charge in [-0.1, -0.05) is 11.8 Å². The van der Waals surface area contributed by atoms with Gasteiger partial charge in [0.2, 0.25) is 17.0 Å². The Balaban J connectivity index is 1.54. The molecule has 0 atom stereocenters. The van der Waals surface area contributed by atoms with Gasteiger partial charge >= 0.3 is 5.97 Å². The second-order valence-corrected chi connectivity index (χ2v) is 8.89. The minimum Gasteiger partial charge on any atom is -0.504 e. The molecule has 3 rings (SSSR count). The van der Waals surface area contributed by atoms with Crippen LogP contribution in [0.1, 0.15) is 40.2 Å². The SMILES string of the molecule is CCOC(=O)c1sc(NC(=O)CSc2n[nH]c(N/N=C\c3ccc(O)c(OCC)c3)n2)c(C#N)c1C. The Morgan fingerprint density at radius 3 is 2.89 bits per heavy atom. The number of phenolic OH excluding ortho intramolecular Hbond substituents is 1. The number of carbonyl (C=O) groups is 2. The zero-order valence-electron chi connectivity index (χ0n) is 19.6. The number of hydrogen-bond acceptors (Lipinski definition) is 12. The minimum absolute atomic E-state index is 0.0230. The zero-order chi connectivity index (χ0) is 26.1. The third-order valence-corrected chi connectivity index (χ3v) is 6.47. The summed E-state index contributed by atoms with van der Waals surface area (Å²) in [6, 6.07) is 6.84. The molecule has 0 spiro atoms. The van der Waals surface area contributed by atoms with Crippen molar-refractivity contribution in [2.45, 2.75) is 25.9 Å². The number of nitriles is 1. The second-order valence-electron chi connectivity index (χ2n) is 6.93. The van der Waals surface area contributed by atoms with E-state index in [0.29, 0.717) is 28.6 Å². The lowest BCUT2D eigenvalue weighted by molar-refractivity contribution is -0.113. The molecule has 2 heterocycles. The summed E-state index contributed by atoms with van der Waals surface area (Å²) in [7, 11) is 0. The number of nitrogens with zero attached hydrogens (tertiary/aromatic N) is 4. The highest BCUT2D eigenvalue weighted by Crippen LogP contribution is 2.33. The fourth-order valence-electron chi connectivity index (χ4n) is 2.83. The number of aromatic nitrogens is 3. The van der Waals surface area contributed by atoms with Gasteiger partial charge in [-0.3, -0.25) is 4.79 Å². The Hall–Kier alpha value is -4.09. The molecule has 0 aliphatic carbocycles. The number of carbonyl (C=O) groups excluding carboxylic acids is 2. The number of thiophene rings is 1. The summed E-state index contributed by atoms with van der Waals surface area (Å²) in [6.45, 7) is 5.77. The summed E-state index contributed by atoms with van der Waals surface area (Å²) < 4.78 is 10.3. The number of rotatable bonds is 11. The van der Waals surface area contributed by atoms with Crippen molar-refractivity contribution in [2.75, 3.05) is 29.7 Å². The lowest BCUT2D eigenvalue weighted by Gasteiger charge is -2.05. The van der Waals surface area contributed by atoms with Gasteiger partial charge in [0.25, 0.3) is 0 Å². The topological polar surface area (TPSA) is 175 Å². The van der Waals surface area contributed by atoms with Crippen LogP contribution in [0.2, 0.25) is 0 Å². The predicted molar refractivity (Wildman–Crippen MR) is 136 cm³/mol. The third kappa shape index (κ3) is 6.74. The van der Waals surface area contributed by atoms with E-state index in [0.717, 1.165) is 23.1 Å². The quantitative estimate of drug-likeness (QED) is 0.124. The normalized spacial score (nSPS) is 10.7. The summed E-state index contributed by atoms with van der Waals surface area (Å²) in [4.78, 5) is 29.0. The van der Waals surface area contributed by atoms with Crippen LogP contribution in [-0.4, -0.2) is 57.3 Å². The van der Waals surface area contributed by atoms with Gasteiger partial charge in [0.1, 0.15) is 15.9 Å². The van der Waals surface area contributed by atoms with Crippen molar-refractivity contribution in [1.82, 2.24) is 15.2 Å². The van der Waals surface area contributed by atoms with E-state index >= 15 is 0 Å². The average molecular weight is 530 g/mol. The maximum absolute atomic E-state index is 12.4. The van der Waals surface area contributed by atoms with Crippen molar-refractivity contribution in [3.05, 3.63) is 39.8 Å². The Morgan fingerprint density at radius 2 is 2.17 bits per heavy atom. The van der Waals surface area contributed by atoms with Crippen molar-refractivity contribution in [3.63, 3.8) is 0 Å². The maximum atomic E-state index is 12.4. The number of amides is 1. The van der Waals surface area contributed by atoms with Crippen LogP contribution in [0.4, 0.5) is 10.9 Å². The van der Waals surface area contributed by atoms with Crippen LogP contribution in [0.5, 0.6) is 11.5 Å². The largest absolute Gasteiger partial charge is 0.504 e. The van der Waals surface area contributed by atoms with Gasteiger partial charge in [-0.25, -0.2) is 15.3 Å². The van der Waals surface area contributed by atoms with Gasteiger partial charge in [-0.15, -0.1) is 16.4 Å². The monoisotopic (exact) mass is 529 g/mol. The van der Waals surface area contributed by atoms with Crippen molar-refractivity contribution in [1.29, 1.82) is 5.26 Å². The molecule has 14 heteroatoms. The second kappa shape index (κ2) is 12.6. The van der Waals surface area contributed by atoms with Crippen LogP contribution in [0.15, 0.2) is 28.5 Å². The molecule has 4 N–H and O–H groups in total. The average Bonchev–Trinajstić information content (AvgIpc) is 3.43. The molecular weight excluding hydrogens is 506 g/mol. The number of nitrogens with one attached hydrogen (secondary N) is 3. The number of esters is 1. The number of thioether (sulfide) groups is 1. The van der Waals surface area contributed by atoms with E-state index in [9.17, 15) is 20.0 Å². The van der Waals surface area contributed by atoms with Crippen molar-refractivity contribution in [2.24, 2.45) is 5.10 Å². The fourth-order valence-corrected chi connectivity index (χ4v) is 4.50. The molecule has 3 aromatic rings. The smallest absolute Gasteiger partial charge is 0.348 e. The molecule has 0 aliphatic heterocycles. The standard InChI is InChI=1S/C22H23N7O5S2/c1-4-33-16-8-13(6-7-15(16)30)10-24-27-21-26-22(29-28-21)35-11-17(31)25-19-14(9-23)12(3)18(36-19)20(32)34-5-2/h6-8,10,30H,4-5,11H2,1-3H3,(H,25,31)(H2,26,27,28,29)/b24-10-. The molecule has 12 nitrogen and oxygen atoms in total. The number of hydrogen-bond donors (Lipinski definition) is 4. The van der Waals surface area contributed by atoms with Crippen LogP contribution >= 0.6 is 23.1 Å². The number of ether oxygens (including phenoxy) is 2. The van der Waals surface area contributed by atoms with E-state index in [-0.39, 0.29) is 45.4 Å². The van der Waals surface area contributed by atoms with E-state index in [1.54, 1.807) is 26.0 Å². The fraction of sp³-hybridized carbons (Fsp3) is 0.273. The van der Waals surface area contributed by atoms with Gasteiger partial charge in [0, 0.05) is 0 Å². The molecule has 36 heavy (non-hydrogen) atoms. The summed E-state index contributed by atoms with van der Waals surface area (Å²) in [6.07, 6.45) is 1.52. The number of hydrazone groups is 1. The van der Waals surface area contributed by atoms with E-state index < -0.39 is 5.97 Å². The third-order valence-electron chi connectivity index (χ3n) is 4.44. The highest BCUT2D eigenvalue weighted by molar-refractivity contribution is 7.99. The highest BCUT2D eigenvalue weighted by atomic mass is 32.2. The molecule has 0 saturated carbocycles. The Bertz CT molecular complexity index is 1310. The maximum Gasteiger partial charge on any atom is 0.348 e. The van der Waals surface area contributed by atoms with Crippen LogP contribution in [0.3, 0.4) is 0 Å². The first kappa shape index (κ1) is 26.5. The molecule has 0 fully saturated rings. The first-order valence-electron chi connectivity index (χ1n) is 10.7. The molecule has 2 aromatic heterocycles. The highest BCUT2D eigenvalue weighted by Gasteiger charge is 2.22. The lowest BCUT2D eigenvalue weighted by Crippen LogP contribution is -2.14. The minimum atomic E-state index is -0.532. The van der Waals surface area contributed by atoms with Gasteiger partial charge < -0.3 is 19.9 Å². The molecular formula is C22H23N7O5S2. The van der Waals surface area contributed by atoms with E-state index in [1.165, 1.54) is 12.3 Å². The summed E-state index contributed by atoms with van der Waals surface area (Å²) in [5.74, 6) is -0.282. The van der Waals surface area contributed by atoms with Crippen LogP contribution in [0, 0.1) is 18.3 Å². The Kier molecular flexibility index (Phi) is 9.25. The number of H-pyrrole nitrogens is 1.